The molecule has 1 fully saturated rings. The number of hydrogen-bond donors (Lipinski definition) is 1. The van der Waals surface area contributed by atoms with Gasteiger partial charge in [0.1, 0.15) is 0 Å². The highest BCUT2D eigenvalue weighted by Gasteiger charge is 2.20. The molecule has 10 heavy (non-hydrogen) atoms. The van der Waals surface area contributed by atoms with Crippen LogP contribution >= 0.6 is 12.6 Å². The molecule has 0 bridgehead atoms. The molecule has 0 unspecified atom stereocenters. The van der Waals surface area contributed by atoms with Crippen molar-refractivity contribution in [1.82, 2.24) is 4.90 Å². The summed E-state index contributed by atoms with van der Waals surface area (Å²) in [5.74, 6) is 0. The van der Waals surface area contributed by atoms with Crippen LogP contribution < -0.4 is 0 Å². The molecule has 1 rings (SSSR count). The van der Waals surface area contributed by atoms with Gasteiger partial charge in [-0.3, -0.25) is 4.79 Å². The Morgan fingerprint density at radius 3 is 2.90 bits per heavy atom. The van der Waals surface area contributed by atoms with Crippen molar-refractivity contribution in [3.8, 4) is 0 Å². The first kappa shape index (κ1) is 7.88. The fourth-order valence-electron chi connectivity index (χ4n) is 1.01. The second-order valence-corrected chi connectivity index (χ2v) is 2.78. The Bertz CT molecular complexity index is 140. The molecule has 1 atom stereocenters. The van der Waals surface area contributed by atoms with E-state index in [1.54, 1.807) is 4.90 Å². The Kier molecular flexibility index (Phi) is 2.56. The number of carbonyl (C=O) groups is 1. The van der Waals surface area contributed by atoms with Crippen LogP contribution in [0.1, 0.15) is 6.92 Å². The Hall–Kier alpha value is -0.220. The van der Waals surface area contributed by atoms with Crippen LogP contribution in [0.2, 0.25) is 0 Å². The van der Waals surface area contributed by atoms with Gasteiger partial charge in [-0.05, 0) is 6.92 Å². The lowest BCUT2D eigenvalue weighted by molar-refractivity contribution is 0.0251. The maximum Gasteiger partial charge on any atom is 0.278 e. The monoisotopic (exact) mass is 161 g/mol. The first-order valence-electron chi connectivity index (χ1n) is 3.29. The molecule has 1 heterocycles. The highest BCUT2D eigenvalue weighted by atomic mass is 32.1. The van der Waals surface area contributed by atoms with Crippen LogP contribution in [-0.2, 0) is 4.74 Å². The lowest BCUT2D eigenvalue weighted by Gasteiger charge is -2.31. The normalized spacial score (nSPS) is 26.6. The van der Waals surface area contributed by atoms with Gasteiger partial charge in [-0.25, -0.2) is 0 Å². The standard InChI is InChI=1S/C6H11NO2S/c1-5-4-9-3-2-7(5)6(8)10/h5H,2-4H2,1H3,(H,8,10)/t5-/m1/s1. The maximum absolute atomic E-state index is 10.7. The summed E-state index contributed by atoms with van der Waals surface area (Å²) in [5, 5.41) is -0.157. The molecular weight excluding hydrogens is 150 g/mol. The molecule has 0 N–H and O–H groups in total. The van der Waals surface area contributed by atoms with Gasteiger partial charge < -0.3 is 9.64 Å². The summed E-state index contributed by atoms with van der Waals surface area (Å²) in [7, 11) is 0. The maximum atomic E-state index is 10.7. The quantitative estimate of drug-likeness (QED) is 0.531. The van der Waals surface area contributed by atoms with Crippen molar-refractivity contribution >= 4 is 17.9 Å². The van der Waals surface area contributed by atoms with Gasteiger partial charge in [0.2, 0.25) is 0 Å². The molecule has 0 aliphatic carbocycles. The second kappa shape index (κ2) is 3.25. The topological polar surface area (TPSA) is 29.5 Å². The molecule has 0 aromatic rings. The van der Waals surface area contributed by atoms with Gasteiger partial charge in [-0.2, -0.15) is 0 Å². The molecule has 1 saturated heterocycles. The van der Waals surface area contributed by atoms with Crippen LogP contribution in [0.15, 0.2) is 0 Å². The van der Waals surface area contributed by atoms with E-state index < -0.39 is 0 Å². The van der Waals surface area contributed by atoms with Gasteiger partial charge in [-0.1, -0.05) is 12.6 Å². The molecule has 0 aromatic heterocycles. The summed E-state index contributed by atoms with van der Waals surface area (Å²) in [4.78, 5) is 12.4. The van der Waals surface area contributed by atoms with Crippen molar-refractivity contribution in [2.45, 2.75) is 13.0 Å². The number of nitrogens with zero attached hydrogens (tertiary/aromatic N) is 1. The van der Waals surface area contributed by atoms with Crippen LogP contribution in [0.4, 0.5) is 4.79 Å². The molecule has 0 saturated carbocycles. The molecule has 0 spiro atoms. The highest BCUT2D eigenvalue weighted by Crippen LogP contribution is 2.08. The Labute approximate surface area is 65.7 Å². The molecule has 3 nitrogen and oxygen atoms in total. The molecule has 0 aromatic carbocycles. The van der Waals surface area contributed by atoms with Crippen molar-refractivity contribution in [3.05, 3.63) is 0 Å². The van der Waals surface area contributed by atoms with Crippen molar-refractivity contribution in [1.29, 1.82) is 0 Å². The van der Waals surface area contributed by atoms with Crippen molar-refractivity contribution in [2.24, 2.45) is 0 Å². The van der Waals surface area contributed by atoms with Crippen LogP contribution in [0, 0.1) is 0 Å². The van der Waals surface area contributed by atoms with Crippen molar-refractivity contribution in [3.63, 3.8) is 0 Å². The lowest BCUT2D eigenvalue weighted by Crippen LogP contribution is -2.44. The molecule has 4 heteroatoms. The second-order valence-electron chi connectivity index (χ2n) is 2.40. The van der Waals surface area contributed by atoms with Crippen LogP contribution in [-0.4, -0.2) is 35.9 Å². The summed E-state index contributed by atoms with van der Waals surface area (Å²) < 4.78 is 5.13. The van der Waals surface area contributed by atoms with Gasteiger partial charge in [0.25, 0.3) is 5.24 Å². The molecular formula is C6H11NO2S. The average molecular weight is 161 g/mol. The average Bonchev–Trinajstić information content (AvgIpc) is 1.88. The predicted octanol–water partition coefficient (Wildman–Crippen LogP) is 0.757. The third kappa shape index (κ3) is 1.64. The van der Waals surface area contributed by atoms with Crippen LogP contribution in [0.25, 0.3) is 0 Å². The lowest BCUT2D eigenvalue weighted by atomic mass is 10.3. The summed E-state index contributed by atoms with van der Waals surface area (Å²) in [6.07, 6.45) is 0. The fraction of sp³-hybridized carbons (Fsp3) is 0.833. The Morgan fingerprint density at radius 2 is 2.50 bits per heavy atom. The van der Waals surface area contributed by atoms with E-state index in [4.69, 9.17) is 4.74 Å². The molecule has 0 radical (unpaired) electrons. The first-order valence-corrected chi connectivity index (χ1v) is 3.74. The van der Waals surface area contributed by atoms with E-state index in [2.05, 4.69) is 12.6 Å². The van der Waals surface area contributed by atoms with Crippen LogP contribution in [0.3, 0.4) is 0 Å². The zero-order valence-corrected chi connectivity index (χ0v) is 6.80. The van der Waals surface area contributed by atoms with Gasteiger partial charge in [-0.15, -0.1) is 0 Å². The van der Waals surface area contributed by atoms with Gasteiger partial charge >= 0.3 is 0 Å². The van der Waals surface area contributed by atoms with Gasteiger partial charge in [0.05, 0.1) is 19.3 Å². The minimum absolute atomic E-state index is 0.157. The Balaban J connectivity index is 2.47. The zero-order valence-electron chi connectivity index (χ0n) is 5.91. The summed E-state index contributed by atoms with van der Waals surface area (Å²) >= 11 is 3.73. The molecule has 1 aliphatic heterocycles. The van der Waals surface area contributed by atoms with Gasteiger partial charge in [0, 0.05) is 6.54 Å². The molecule has 58 valence electrons. The van der Waals surface area contributed by atoms with E-state index in [0.717, 1.165) is 0 Å². The minimum Gasteiger partial charge on any atom is -0.377 e. The third-order valence-electron chi connectivity index (χ3n) is 1.61. The SMILES string of the molecule is C[C@@H]1COCCN1C(=O)S. The molecule has 1 amide bonds. The number of ether oxygens (including phenoxy) is 1. The Morgan fingerprint density at radius 1 is 1.80 bits per heavy atom. The number of carbonyl (C=O) groups excluding carboxylic acids is 1. The van der Waals surface area contributed by atoms with E-state index in [9.17, 15) is 4.79 Å². The van der Waals surface area contributed by atoms with Crippen LogP contribution in [0.5, 0.6) is 0 Å². The minimum atomic E-state index is -0.157. The number of morpholine rings is 1. The summed E-state index contributed by atoms with van der Waals surface area (Å²) in [6, 6.07) is 0.179. The predicted molar refractivity (Wildman–Crippen MR) is 41.4 cm³/mol. The molecule has 1 aliphatic rings. The van der Waals surface area contributed by atoms with Crippen molar-refractivity contribution in [2.75, 3.05) is 19.8 Å². The highest BCUT2D eigenvalue weighted by molar-refractivity contribution is 7.96. The summed E-state index contributed by atoms with van der Waals surface area (Å²) in [6.45, 7) is 3.89. The van der Waals surface area contributed by atoms with E-state index in [0.29, 0.717) is 19.8 Å². The van der Waals surface area contributed by atoms with E-state index >= 15 is 0 Å². The van der Waals surface area contributed by atoms with E-state index in [-0.39, 0.29) is 11.3 Å². The third-order valence-corrected chi connectivity index (χ3v) is 1.87. The number of amides is 1. The van der Waals surface area contributed by atoms with E-state index in [1.807, 2.05) is 6.92 Å². The fourth-order valence-corrected chi connectivity index (χ4v) is 1.31. The van der Waals surface area contributed by atoms with E-state index in [1.165, 1.54) is 0 Å². The number of rotatable bonds is 0. The number of thiol groups is 1. The summed E-state index contributed by atoms with van der Waals surface area (Å²) in [5.41, 5.74) is 0. The number of hydrogen-bond acceptors (Lipinski definition) is 2. The largest absolute Gasteiger partial charge is 0.377 e. The van der Waals surface area contributed by atoms with Gasteiger partial charge in [0.15, 0.2) is 0 Å². The zero-order chi connectivity index (χ0) is 7.56. The smallest absolute Gasteiger partial charge is 0.278 e. The first-order chi connectivity index (χ1) is 4.72. The van der Waals surface area contributed by atoms with Crippen molar-refractivity contribution < 1.29 is 9.53 Å².